The van der Waals surface area contributed by atoms with Gasteiger partial charge in [-0.25, -0.2) is 0 Å². The Morgan fingerprint density at radius 1 is 1.50 bits per heavy atom. The van der Waals surface area contributed by atoms with Crippen LogP contribution in [0.2, 0.25) is 0 Å². The smallest absolute Gasteiger partial charge is 0.0779 e. The first-order valence-electron chi connectivity index (χ1n) is 3.80. The molecule has 10 heavy (non-hydrogen) atoms. The summed E-state index contributed by atoms with van der Waals surface area (Å²) >= 11 is 0. The highest BCUT2D eigenvalue weighted by atomic mass is 16.5. The first-order valence-corrected chi connectivity index (χ1v) is 3.80. The van der Waals surface area contributed by atoms with Crippen molar-refractivity contribution in [1.82, 2.24) is 10.6 Å². The van der Waals surface area contributed by atoms with Crippen LogP contribution in [0.1, 0.15) is 6.92 Å². The van der Waals surface area contributed by atoms with Crippen LogP contribution in [0.25, 0.3) is 0 Å². The van der Waals surface area contributed by atoms with Crippen LogP contribution in [-0.4, -0.2) is 38.9 Å². The number of hydrogen-bond acceptors (Lipinski definition) is 3. The predicted molar refractivity (Wildman–Crippen MR) is 41.2 cm³/mol. The summed E-state index contributed by atoms with van der Waals surface area (Å²) in [5.74, 6) is 0. The summed E-state index contributed by atoms with van der Waals surface area (Å²) in [6.07, 6.45) is 0. The second-order valence-electron chi connectivity index (χ2n) is 2.83. The third-order valence-electron chi connectivity index (χ3n) is 1.82. The molecule has 0 amide bonds. The van der Waals surface area contributed by atoms with E-state index in [1.807, 2.05) is 7.05 Å². The maximum Gasteiger partial charge on any atom is 0.0779 e. The second-order valence-corrected chi connectivity index (χ2v) is 2.83. The van der Waals surface area contributed by atoms with Crippen LogP contribution in [0, 0.1) is 0 Å². The molecule has 0 bridgehead atoms. The molecule has 0 aromatic heterocycles. The molecule has 0 aromatic rings. The van der Waals surface area contributed by atoms with Crippen molar-refractivity contribution in [3.05, 3.63) is 0 Å². The third kappa shape index (κ3) is 1.48. The van der Waals surface area contributed by atoms with Crippen molar-refractivity contribution < 1.29 is 4.74 Å². The average molecular weight is 144 g/mol. The van der Waals surface area contributed by atoms with Gasteiger partial charge in [-0.3, -0.25) is 0 Å². The van der Waals surface area contributed by atoms with Crippen LogP contribution in [-0.2, 0) is 4.74 Å². The van der Waals surface area contributed by atoms with E-state index >= 15 is 0 Å². The first-order chi connectivity index (χ1) is 4.83. The van der Waals surface area contributed by atoms with Gasteiger partial charge in [0, 0.05) is 6.54 Å². The highest BCUT2D eigenvalue weighted by molar-refractivity contribution is 4.95. The van der Waals surface area contributed by atoms with Gasteiger partial charge in [0.2, 0.25) is 0 Å². The van der Waals surface area contributed by atoms with Crippen LogP contribution in [0.3, 0.4) is 0 Å². The number of hydrogen-bond donors (Lipinski definition) is 2. The molecule has 60 valence electrons. The van der Waals surface area contributed by atoms with E-state index in [1.165, 1.54) is 0 Å². The minimum absolute atomic E-state index is 0.240. The standard InChI is InChI=1S/C7H16N2O/c1-3-9-7(4-8-2)5-10-6-7/h8-9H,3-6H2,1-2H3. The maximum absolute atomic E-state index is 5.14. The molecule has 1 aliphatic rings. The van der Waals surface area contributed by atoms with Gasteiger partial charge in [0.25, 0.3) is 0 Å². The molecule has 3 nitrogen and oxygen atoms in total. The lowest BCUT2D eigenvalue weighted by molar-refractivity contribution is -0.0712. The van der Waals surface area contributed by atoms with Gasteiger partial charge < -0.3 is 15.4 Å². The molecule has 0 aromatic carbocycles. The van der Waals surface area contributed by atoms with Crippen molar-refractivity contribution in [1.29, 1.82) is 0 Å². The molecule has 0 spiro atoms. The Bertz CT molecular complexity index is 93.8. The van der Waals surface area contributed by atoms with Crippen LogP contribution >= 0.6 is 0 Å². The largest absolute Gasteiger partial charge is 0.377 e. The van der Waals surface area contributed by atoms with Crippen molar-refractivity contribution in [2.45, 2.75) is 12.5 Å². The third-order valence-corrected chi connectivity index (χ3v) is 1.82. The Morgan fingerprint density at radius 2 is 2.20 bits per heavy atom. The monoisotopic (exact) mass is 144 g/mol. The highest BCUT2D eigenvalue weighted by Crippen LogP contribution is 2.14. The van der Waals surface area contributed by atoms with E-state index in [1.54, 1.807) is 0 Å². The molecule has 1 saturated heterocycles. The van der Waals surface area contributed by atoms with Gasteiger partial charge in [-0.1, -0.05) is 6.92 Å². The fraction of sp³-hybridized carbons (Fsp3) is 1.00. The molecule has 1 rings (SSSR count). The zero-order valence-electron chi connectivity index (χ0n) is 6.74. The zero-order valence-corrected chi connectivity index (χ0v) is 6.74. The molecule has 1 heterocycles. The van der Waals surface area contributed by atoms with E-state index < -0.39 is 0 Å². The second kappa shape index (κ2) is 3.32. The lowest BCUT2D eigenvalue weighted by Gasteiger charge is -2.42. The minimum atomic E-state index is 0.240. The fourth-order valence-corrected chi connectivity index (χ4v) is 1.33. The summed E-state index contributed by atoms with van der Waals surface area (Å²) < 4.78 is 5.14. The average Bonchev–Trinajstić information content (AvgIpc) is 1.84. The number of likely N-dealkylation sites (N-methyl/N-ethyl adjacent to an activating group) is 2. The molecular formula is C7H16N2O. The molecular weight excluding hydrogens is 128 g/mol. The molecule has 0 saturated carbocycles. The van der Waals surface area contributed by atoms with Crippen LogP contribution in [0.5, 0.6) is 0 Å². The minimum Gasteiger partial charge on any atom is -0.377 e. The molecule has 1 aliphatic heterocycles. The van der Waals surface area contributed by atoms with Crippen molar-refractivity contribution >= 4 is 0 Å². The predicted octanol–water partition coefficient (Wildman–Crippen LogP) is -0.416. The Morgan fingerprint density at radius 3 is 2.50 bits per heavy atom. The Kier molecular flexibility index (Phi) is 2.65. The molecule has 0 aliphatic carbocycles. The van der Waals surface area contributed by atoms with Crippen molar-refractivity contribution in [3.63, 3.8) is 0 Å². The zero-order chi connectivity index (χ0) is 7.45. The van der Waals surface area contributed by atoms with Gasteiger partial charge in [-0.05, 0) is 13.6 Å². The lowest BCUT2D eigenvalue weighted by Crippen LogP contribution is -2.65. The summed E-state index contributed by atoms with van der Waals surface area (Å²) in [5.41, 5.74) is 0.240. The Hall–Kier alpha value is -0.120. The maximum atomic E-state index is 5.14. The van der Waals surface area contributed by atoms with Gasteiger partial charge in [0.05, 0.1) is 18.8 Å². The Labute approximate surface area is 62.1 Å². The molecule has 0 atom stereocenters. The number of ether oxygens (including phenoxy) is 1. The van der Waals surface area contributed by atoms with Gasteiger partial charge in [0.1, 0.15) is 0 Å². The Balaban J connectivity index is 2.27. The summed E-state index contributed by atoms with van der Waals surface area (Å²) in [4.78, 5) is 0. The van der Waals surface area contributed by atoms with Gasteiger partial charge >= 0.3 is 0 Å². The SMILES string of the molecule is CCNC1(CNC)COC1. The normalized spacial score (nSPS) is 22.2. The van der Waals surface area contributed by atoms with Crippen molar-refractivity contribution in [3.8, 4) is 0 Å². The van der Waals surface area contributed by atoms with Gasteiger partial charge in [-0.15, -0.1) is 0 Å². The fourth-order valence-electron chi connectivity index (χ4n) is 1.33. The molecule has 1 fully saturated rings. The summed E-state index contributed by atoms with van der Waals surface area (Å²) in [7, 11) is 1.97. The lowest BCUT2D eigenvalue weighted by atomic mass is 9.97. The van der Waals surface area contributed by atoms with E-state index in [4.69, 9.17) is 4.74 Å². The van der Waals surface area contributed by atoms with Gasteiger partial charge in [0.15, 0.2) is 0 Å². The molecule has 0 unspecified atom stereocenters. The number of rotatable bonds is 4. The quantitative estimate of drug-likeness (QED) is 0.562. The van der Waals surface area contributed by atoms with Crippen molar-refractivity contribution in [2.75, 3.05) is 33.4 Å². The van der Waals surface area contributed by atoms with E-state index in [-0.39, 0.29) is 5.54 Å². The summed E-state index contributed by atoms with van der Waals surface area (Å²) in [6.45, 7) is 5.84. The van der Waals surface area contributed by atoms with E-state index in [2.05, 4.69) is 17.6 Å². The van der Waals surface area contributed by atoms with E-state index in [0.29, 0.717) is 0 Å². The number of nitrogens with one attached hydrogen (secondary N) is 2. The summed E-state index contributed by atoms with van der Waals surface area (Å²) in [5, 5.41) is 6.56. The van der Waals surface area contributed by atoms with Crippen LogP contribution in [0.4, 0.5) is 0 Å². The molecule has 2 N–H and O–H groups in total. The van der Waals surface area contributed by atoms with Crippen LogP contribution < -0.4 is 10.6 Å². The first kappa shape index (κ1) is 7.98. The topological polar surface area (TPSA) is 33.3 Å². The summed E-state index contributed by atoms with van der Waals surface area (Å²) in [6, 6.07) is 0. The van der Waals surface area contributed by atoms with E-state index in [9.17, 15) is 0 Å². The van der Waals surface area contributed by atoms with E-state index in [0.717, 1.165) is 26.3 Å². The molecule has 3 heteroatoms. The molecule has 0 radical (unpaired) electrons. The highest BCUT2D eigenvalue weighted by Gasteiger charge is 2.36. The van der Waals surface area contributed by atoms with Crippen molar-refractivity contribution in [2.24, 2.45) is 0 Å². The van der Waals surface area contributed by atoms with Crippen LogP contribution in [0.15, 0.2) is 0 Å². The van der Waals surface area contributed by atoms with Gasteiger partial charge in [-0.2, -0.15) is 0 Å².